The van der Waals surface area contributed by atoms with E-state index >= 15 is 0 Å². The molecule has 0 spiro atoms. The molecule has 0 heterocycles. The van der Waals surface area contributed by atoms with E-state index in [0.29, 0.717) is 0 Å². The first-order chi connectivity index (χ1) is 18.2. The van der Waals surface area contributed by atoms with Gasteiger partial charge in [-0.1, -0.05) is 0 Å². The molecule has 5 aromatic carbocycles. The Hall–Kier alpha value is -2.76. The molecule has 6 heteroatoms. The fourth-order valence-electron chi connectivity index (χ4n) is 5.67. The van der Waals surface area contributed by atoms with E-state index in [1.807, 2.05) is 31.2 Å². The topological polar surface area (TPSA) is 29.1 Å². The zero-order valence-corrected chi connectivity index (χ0v) is 27.8. The number of nitrogens with one attached hydrogen (secondary N) is 1. The average Bonchev–Trinajstić information content (AvgIpc) is 3.28. The summed E-state index contributed by atoms with van der Waals surface area (Å²) < 4.78 is 4.11. The largest absolute Gasteiger partial charge is 1.00 e. The van der Waals surface area contributed by atoms with Crippen LogP contribution in [-0.2, 0) is 20.9 Å². The van der Waals surface area contributed by atoms with Gasteiger partial charge in [0.25, 0.3) is 0 Å². The van der Waals surface area contributed by atoms with Gasteiger partial charge in [-0.2, -0.15) is 0 Å². The molecule has 0 unspecified atom stereocenters. The second-order valence-electron chi connectivity index (χ2n) is 9.59. The van der Waals surface area contributed by atoms with E-state index in [4.69, 9.17) is 0 Å². The molecule has 0 aliphatic heterocycles. The smallest absolute Gasteiger partial charge is 1.00 e. The monoisotopic (exact) mass is 732 g/mol. The predicted molar refractivity (Wildman–Crippen MR) is 152 cm³/mol. The number of hydrogen-bond acceptors (Lipinski definition) is 1. The summed E-state index contributed by atoms with van der Waals surface area (Å²) in [6.07, 6.45) is 0. The second kappa shape index (κ2) is 13.1. The molecule has 0 radical (unpaired) electrons. The Bertz CT molecular complexity index is 1480. The Kier molecular flexibility index (Phi) is 9.79. The minimum absolute atomic E-state index is 0. The molecule has 0 aromatic heterocycles. The number of aryl methyl sites for hydroxylation is 1. The Morgan fingerprint density at radius 1 is 0.615 bits per heavy atom. The normalized spacial score (nSPS) is 11.5. The summed E-state index contributed by atoms with van der Waals surface area (Å²) in [6, 6.07) is 47.6. The van der Waals surface area contributed by atoms with Crippen molar-refractivity contribution in [2.24, 2.45) is 0 Å². The number of carbonyl (C=O) groups excluding carboxylic acids is 1. The number of halogens is 2. The van der Waals surface area contributed by atoms with Gasteiger partial charge in [0.1, 0.15) is 0 Å². The van der Waals surface area contributed by atoms with E-state index in [-0.39, 0.29) is 34.4 Å². The number of rotatable bonds is 6. The molecule has 2 nitrogen and oxygen atoms in total. The molecule has 0 atom stereocenters. The van der Waals surface area contributed by atoms with Crippen molar-refractivity contribution < 1.29 is 50.5 Å². The van der Waals surface area contributed by atoms with Crippen molar-refractivity contribution in [2.75, 3.05) is 0 Å². The molecular formula is C33H28Cl2HfNOSi. The van der Waals surface area contributed by atoms with Crippen LogP contribution in [0.4, 0.5) is 0 Å². The van der Waals surface area contributed by atoms with E-state index in [1.54, 1.807) is 0 Å². The van der Waals surface area contributed by atoms with Gasteiger partial charge in [-0.3, -0.25) is 0 Å². The summed E-state index contributed by atoms with van der Waals surface area (Å²) in [6.45, 7) is 2.03. The van der Waals surface area contributed by atoms with Gasteiger partial charge >= 0.3 is 229 Å². The third kappa shape index (κ3) is 5.76. The van der Waals surface area contributed by atoms with Gasteiger partial charge in [0, 0.05) is 0 Å². The minimum atomic E-state index is -3.09. The number of carbonyl (C=O) groups is 1. The maximum atomic E-state index is 14.0. The summed E-state index contributed by atoms with van der Waals surface area (Å²) in [5.74, 6) is -1.66. The molecule has 6 rings (SSSR count). The number of hydrogen-bond donors (Lipinski definition) is 1. The van der Waals surface area contributed by atoms with Crippen LogP contribution in [0.3, 0.4) is 0 Å². The van der Waals surface area contributed by atoms with Crippen molar-refractivity contribution in [2.45, 2.75) is 10.6 Å². The first-order valence-corrected chi connectivity index (χ1v) is 24.6. The van der Waals surface area contributed by atoms with Crippen molar-refractivity contribution in [1.82, 2.24) is 3.30 Å². The molecule has 0 bridgehead atoms. The maximum Gasteiger partial charge on any atom is -1.00 e. The molecule has 5 aromatic rings. The van der Waals surface area contributed by atoms with Crippen LogP contribution in [0.25, 0.3) is 11.1 Å². The van der Waals surface area contributed by atoms with Crippen LogP contribution >= 0.6 is 0 Å². The van der Waals surface area contributed by atoms with Crippen LogP contribution in [0.15, 0.2) is 133 Å². The molecule has 1 amide bonds. The minimum Gasteiger partial charge on any atom is -1.00 e. The van der Waals surface area contributed by atoms with Gasteiger partial charge < -0.3 is 24.8 Å². The van der Waals surface area contributed by atoms with Crippen molar-refractivity contribution in [3.63, 3.8) is 0 Å². The first-order valence-electron chi connectivity index (χ1n) is 12.7. The SMILES string of the molecule is Cc1ccccc1C(=O)[NH][Hf+2]([CH]1c2ccccc2-c2ccccc21)[SiH](c1ccccc1)c1ccccc1.[Cl-].[Cl-]. The predicted octanol–water partition coefficient (Wildman–Crippen LogP) is -0.426. The average molecular weight is 732 g/mol. The van der Waals surface area contributed by atoms with Gasteiger partial charge in [0.05, 0.1) is 0 Å². The summed E-state index contributed by atoms with van der Waals surface area (Å²) in [4.78, 5) is 14.0. The molecule has 1 aliphatic carbocycles. The number of amides is 1. The molecular weight excluding hydrogens is 704 g/mol. The van der Waals surface area contributed by atoms with E-state index in [0.717, 1.165) is 11.1 Å². The molecule has 1 N–H and O–H groups in total. The van der Waals surface area contributed by atoms with Gasteiger partial charge in [0.2, 0.25) is 0 Å². The van der Waals surface area contributed by atoms with E-state index < -0.39 is 26.9 Å². The van der Waals surface area contributed by atoms with Crippen molar-refractivity contribution in [3.05, 3.63) is 156 Å². The number of benzene rings is 5. The number of fused-ring (bicyclic) bond motifs is 3. The summed E-state index contributed by atoms with van der Waals surface area (Å²) in [5, 5.41) is 2.84. The van der Waals surface area contributed by atoms with Crippen LogP contribution in [0, 0.1) is 6.92 Å². The Morgan fingerprint density at radius 2 is 1.05 bits per heavy atom. The van der Waals surface area contributed by atoms with E-state index in [2.05, 4.69) is 112 Å². The molecule has 0 saturated heterocycles. The standard InChI is InChI=1S/C13H9.C12H11Si.C8H9NO.2ClH.Hf/c1-3-7-12-10(5-1)9-11-6-2-4-8-13(11)12;1-3-7-11(8-4-1)13-12-9-5-2-6-10-12;1-6-4-2-3-5-7(6)8(9)10;;;/h1-9H;1-10,13H;2-5H,1H3,(H2,9,10);2*1H;/q;;;;;+3/p-3. The van der Waals surface area contributed by atoms with Crippen LogP contribution < -0.4 is 38.5 Å². The molecule has 0 saturated carbocycles. The fourth-order valence-corrected chi connectivity index (χ4v) is 35.7. The summed E-state index contributed by atoms with van der Waals surface area (Å²) >= 11 is -3.09. The van der Waals surface area contributed by atoms with Gasteiger partial charge in [-0.25, -0.2) is 0 Å². The molecule has 39 heavy (non-hydrogen) atoms. The summed E-state index contributed by atoms with van der Waals surface area (Å²) in [7, 11) is 0. The van der Waals surface area contributed by atoms with Crippen molar-refractivity contribution in [3.8, 4) is 11.1 Å². The molecule has 193 valence electrons. The van der Waals surface area contributed by atoms with Gasteiger partial charge in [-0.15, -0.1) is 0 Å². The van der Waals surface area contributed by atoms with Crippen LogP contribution in [-0.4, -0.2) is 11.9 Å². The Morgan fingerprint density at radius 3 is 1.56 bits per heavy atom. The summed E-state index contributed by atoms with van der Waals surface area (Å²) in [5.41, 5.74) is 7.24. The zero-order valence-electron chi connectivity index (χ0n) is 21.5. The Balaban J connectivity index is 0.00000176. The molecule has 0 fully saturated rings. The van der Waals surface area contributed by atoms with Crippen LogP contribution in [0.2, 0.25) is 0 Å². The van der Waals surface area contributed by atoms with Crippen LogP contribution in [0.1, 0.15) is 30.7 Å². The molecule has 1 aliphatic rings. The van der Waals surface area contributed by atoms with Gasteiger partial charge in [-0.05, 0) is 0 Å². The van der Waals surface area contributed by atoms with Crippen molar-refractivity contribution >= 4 is 22.3 Å². The van der Waals surface area contributed by atoms with Gasteiger partial charge in [0.15, 0.2) is 0 Å². The first kappa shape index (κ1) is 29.2. The zero-order chi connectivity index (χ0) is 25.2. The van der Waals surface area contributed by atoms with Crippen LogP contribution in [0.5, 0.6) is 0 Å². The maximum absolute atomic E-state index is 14.0. The fraction of sp³-hybridized carbons (Fsp3) is 0.0606. The Labute approximate surface area is 251 Å². The quantitative estimate of drug-likeness (QED) is 0.237. The third-order valence-electron chi connectivity index (χ3n) is 7.37. The van der Waals surface area contributed by atoms with E-state index in [9.17, 15) is 4.79 Å². The third-order valence-corrected chi connectivity index (χ3v) is 34.2. The van der Waals surface area contributed by atoms with Crippen molar-refractivity contribution in [1.29, 1.82) is 0 Å². The van der Waals surface area contributed by atoms with E-state index in [1.165, 1.54) is 32.6 Å². The second-order valence-corrected chi connectivity index (χ2v) is 29.3.